The van der Waals surface area contributed by atoms with E-state index in [9.17, 15) is 9.59 Å². The van der Waals surface area contributed by atoms with Crippen LogP contribution in [0.2, 0.25) is 0 Å². The van der Waals surface area contributed by atoms with Gasteiger partial charge in [0, 0.05) is 95.4 Å². The molecule has 0 amide bonds. The van der Waals surface area contributed by atoms with Crippen LogP contribution in [0, 0.1) is 0 Å². The van der Waals surface area contributed by atoms with E-state index in [-0.39, 0.29) is 33.2 Å². The third-order valence-corrected chi connectivity index (χ3v) is 15.0. The van der Waals surface area contributed by atoms with Crippen molar-refractivity contribution in [1.82, 2.24) is 0 Å². The predicted molar refractivity (Wildman–Crippen MR) is 312 cm³/mol. The number of benzene rings is 4. The zero-order chi connectivity index (χ0) is 53.8. The van der Waals surface area contributed by atoms with Gasteiger partial charge in [0.2, 0.25) is 11.4 Å². The van der Waals surface area contributed by atoms with E-state index in [0.717, 1.165) is 32.2 Å². The highest BCUT2D eigenvalue weighted by atomic mass is 16.1. The summed E-state index contributed by atoms with van der Waals surface area (Å²) in [5.74, 6) is 0.532. The molecule has 72 heavy (non-hydrogen) atoms. The fourth-order valence-corrected chi connectivity index (χ4v) is 11.1. The van der Waals surface area contributed by atoms with Crippen LogP contribution in [-0.4, -0.2) is 59.8 Å². The van der Waals surface area contributed by atoms with Crippen molar-refractivity contribution in [2.24, 2.45) is 0 Å². The largest absolute Gasteiger partial charge is 0.347 e. The second-order valence-corrected chi connectivity index (χ2v) is 21.0. The molecule has 4 heterocycles. The number of Topliss-reactive ketones (excluding diaryl/α,β-unsaturated/α-hetero) is 2. The van der Waals surface area contributed by atoms with Crippen molar-refractivity contribution in [3.63, 3.8) is 0 Å². The maximum Gasteiger partial charge on any atom is 0.209 e. The molecule has 0 saturated carbocycles. The SMILES string of the molecule is CC.CC.CC.CC(=O)CCCCCN1/C(=C/C=C/C2=[N+](C)c3ccccc3C2(C)C)C(C)(C)c2ccccc21.CC(=O)CCc1ccc2c(c1)C(C)(C)/C(=C\C=C\C1=[N+](C)c3ccccc3C1(C)C)N2C. The van der Waals surface area contributed by atoms with E-state index >= 15 is 0 Å². The first-order valence-corrected chi connectivity index (χ1v) is 27.1. The second-order valence-electron chi connectivity index (χ2n) is 21.0. The Labute approximate surface area is 437 Å². The zero-order valence-corrected chi connectivity index (χ0v) is 48.2. The standard InChI is InChI=1S/C31H39N2O.C29H35N2O.3C2H6/c1-23(34)15-8-7-13-22-33-27-19-12-10-17-25(27)31(4,5)29(33)21-14-20-28-30(2,3)24-16-9-11-18-26(24)32(28)6;1-20(32)15-16-21-17-18-25-23(19-21)29(4,5)27(31(25)7)14-10-13-26-28(2,3)22-11-8-9-12-24(22)30(26)6;3*1-2/h9-12,14,16-21H,7-8,13,15,22H2,1-6H3;8-14,17-19H,15-16H2,1-7H3;3*1-2H3/q2*+1;;;. The number of hydrogen-bond acceptors (Lipinski definition) is 4. The third kappa shape index (κ3) is 12.1. The number of rotatable bonds is 13. The summed E-state index contributed by atoms with van der Waals surface area (Å²) < 4.78 is 4.63. The highest BCUT2D eigenvalue weighted by Crippen LogP contribution is 2.49. The number of para-hydroxylation sites is 3. The Morgan fingerprint density at radius 1 is 0.514 bits per heavy atom. The molecular weight excluding hydrogens is 881 g/mol. The maximum atomic E-state index is 11.4. The van der Waals surface area contributed by atoms with Crippen LogP contribution in [0.15, 0.2) is 139 Å². The molecule has 0 aliphatic carbocycles. The minimum Gasteiger partial charge on any atom is -0.347 e. The van der Waals surface area contributed by atoms with Gasteiger partial charge in [0.25, 0.3) is 0 Å². The summed E-state index contributed by atoms with van der Waals surface area (Å²) in [4.78, 5) is 27.5. The second kappa shape index (κ2) is 25.2. The number of carbonyl (C=O) groups is 2. The van der Waals surface area contributed by atoms with Crippen molar-refractivity contribution in [2.75, 3.05) is 37.5 Å². The molecule has 0 spiro atoms. The van der Waals surface area contributed by atoms with E-state index in [1.165, 1.54) is 73.4 Å². The van der Waals surface area contributed by atoms with Crippen LogP contribution in [0.3, 0.4) is 0 Å². The van der Waals surface area contributed by atoms with Gasteiger partial charge in [0.15, 0.2) is 11.4 Å². The van der Waals surface area contributed by atoms with Gasteiger partial charge in [-0.2, -0.15) is 9.15 Å². The van der Waals surface area contributed by atoms with Crippen molar-refractivity contribution < 1.29 is 18.7 Å². The van der Waals surface area contributed by atoms with Gasteiger partial charge >= 0.3 is 0 Å². The van der Waals surface area contributed by atoms with E-state index in [1.54, 1.807) is 13.8 Å². The number of anilines is 2. The van der Waals surface area contributed by atoms with E-state index in [4.69, 9.17) is 0 Å². The Kier molecular flexibility index (Phi) is 20.5. The van der Waals surface area contributed by atoms with Gasteiger partial charge in [-0.15, -0.1) is 0 Å². The Bertz CT molecular complexity index is 2730. The summed E-state index contributed by atoms with van der Waals surface area (Å²) >= 11 is 0. The fraction of sp³-hybridized carbons (Fsp3) is 0.455. The molecule has 0 saturated heterocycles. The molecule has 4 aliphatic rings. The highest BCUT2D eigenvalue weighted by Gasteiger charge is 2.45. The lowest BCUT2D eigenvalue weighted by Gasteiger charge is -2.27. The van der Waals surface area contributed by atoms with Gasteiger partial charge in [-0.3, -0.25) is 0 Å². The van der Waals surface area contributed by atoms with Crippen LogP contribution >= 0.6 is 0 Å². The van der Waals surface area contributed by atoms with Gasteiger partial charge < -0.3 is 19.4 Å². The molecule has 0 radical (unpaired) electrons. The average molecular weight is 973 g/mol. The lowest BCUT2D eigenvalue weighted by molar-refractivity contribution is -0.401. The van der Waals surface area contributed by atoms with Crippen LogP contribution in [0.1, 0.15) is 171 Å². The normalized spacial score (nSPS) is 18.1. The van der Waals surface area contributed by atoms with Crippen LogP contribution in [-0.2, 0) is 37.7 Å². The van der Waals surface area contributed by atoms with Crippen molar-refractivity contribution in [2.45, 2.75) is 171 Å². The van der Waals surface area contributed by atoms with E-state index in [0.29, 0.717) is 12.8 Å². The summed E-state index contributed by atoms with van der Waals surface area (Å²) in [6.07, 6.45) is 18.8. The smallest absolute Gasteiger partial charge is 0.209 e. The summed E-state index contributed by atoms with van der Waals surface area (Å²) in [5, 5.41) is 0. The first-order valence-electron chi connectivity index (χ1n) is 27.1. The molecule has 0 atom stereocenters. The molecule has 4 aromatic rings. The molecule has 0 fully saturated rings. The van der Waals surface area contributed by atoms with Crippen LogP contribution in [0.4, 0.5) is 22.7 Å². The number of aryl methyl sites for hydroxylation is 1. The van der Waals surface area contributed by atoms with Crippen molar-refractivity contribution in [3.05, 3.63) is 167 Å². The van der Waals surface area contributed by atoms with Gasteiger partial charge in [0.05, 0.1) is 10.8 Å². The molecule has 6 heteroatoms. The van der Waals surface area contributed by atoms with E-state index in [1.807, 2.05) is 41.5 Å². The quantitative estimate of drug-likeness (QED) is 0.0989. The minimum atomic E-state index is -0.0919. The Morgan fingerprint density at radius 3 is 1.47 bits per heavy atom. The molecule has 0 N–H and O–H groups in total. The van der Waals surface area contributed by atoms with Crippen molar-refractivity contribution >= 4 is 45.7 Å². The van der Waals surface area contributed by atoms with Gasteiger partial charge in [-0.25, -0.2) is 0 Å². The van der Waals surface area contributed by atoms with Crippen LogP contribution in [0.25, 0.3) is 0 Å². The summed E-state index contributed by atoms with van der Waals surface area (Å²) in [6, 6.07) is 32.8. The highest BCUT2D eigenvalue weighted by molar-refractivity contribution is 6.04. The number of allylic oxidation sites excluding steroid dienone is 8. The number of likely N-dealkylation sites (N-methyl/N-ethyl adjacent to an activating group) is 1. The molecule has 386 valence electrons. The molecular formula is C66H92N4O2+2. The lowest BCUT2D eigenvalue weighted by atomic mass is 9.81. The van der Waals surface area contributed by atoms with Gasteiger partial charge in [-0.1, -0.05) is 155 Å². The summed E-state index contributed by atoms with van der Waals surface area (Å²) in [5.41, 5.74) is 16.9. The van der Waals surface area contributed by atoms with E-state index < -0.39 is 0 Å². The number of unbranched alkanes of at least 4 members (excludes halogenated alkanes) is 2. The average Bonchev–Trinajstić information content (AvgIpc) is 3.88. The van der Waals surface area contributed by atoms with Crippen molar-refractivity contribution in [1.29, 1.82) is 0 Å². The zero-order valence-electron chi connectivity index (χ0n) is 48.2. The molecule has 8 rings (SSSR count). The summed E-state index contributed by atoms with van der Waals surface area (Å²) in [7, 11) is 6.48. The first kappa shape index (κ1) is 58.7. The lowest BCUT2D eigenvalue weighted by Crippen LogP contribution is -2.27. The van der Waals surface area contributed by atoms with Gasteiger partial charge in [0.1, 0.15) is 25.7 Å². The number of ketones is 2. The number of hydrogen-bond donors (Lipinski definition) is 0. The summed E-state index contributed by atoms with van der Waals surface area (Å²) in [6.45, 7) is 34.8. The Hall–Kier alpha value is -5.88. The monoisotopic (exact) mass is 973 g/mol. The fourth-order valence-electron chi connectivity index (χ4n) is 11.1. The Balaban J connectivity index is 0.000000284. The van der Waals surface area contributed by atoms with Crippen LogP contribution < -0.4 is 9.80 Å². The van der Waals surface area contributed by atoms with Crippen molar-refractivity contribution in [3.8, 4) is 0 Å². The first-order chi connectivity index (χ1) is 34.2. The number of nitrogens with zero attached hydrogens (tertiary/aromatic N) is 4. The minimum absolute atomic E-state index is 0.0218. The van der Waals surface area contributed by atoms with Gasteiger partial charge in [-0.05, 0) is 102 Å². The molecule has 0 bridgehead atoms. The van der Waals surface area contributed by atoms with E-state index in [2.05, 4.69) is 223 Å². The molecule has 6 nitrogen and oxygen atoms in total. The molecule has 4 aromatic carbocycles. The number of fused-ring (bicyclic) bond motifs is 4. The molecule has 0 aromatic heterocycles. The molecule has 4 aliphatic heterocycles. The maximum absolute atomic E-state index is 11.4. The third-order valence-electron chi connectivity index (χ3n) is 15.0. The van der Waals surface area contributed by atoms with Crippen LogP contribution in [0.5, 0.6) is 0 Å². The Morgan fingerprint density at radius 2 is 0.972 bits per heavy atom. The topological polar surface area (TPSA) is 46.6 Å². The number of carbonyl (C=O) groups excluding carboxylic acids is 2. The molecule has 0 unspecified atom stereocenters. The predicted octanol–water partition coefficient (Wildman–Crippen LogP) is 16.2.